The molecule has 0 fully saturated rings. The summed E-state index contributed by atoms with van der Waals surface area (Å²) in [6.07, 6.45) is -0.151. The van der Waals surface area contributed by atoms with Gasteiger partial charge in [-0.1, -0.05) is 29.3 Å². The van der Waals surface area contributed by atoms with Crippen molar-refractivity contribution < 1.29 is 19.1 Å². The summed E-state index contributed by atoms with van der Waals surface area (Å²) in [6.45, 7) is -0.819. The number of carbonyl (C=O) groups is 3. The molecule has 3 N–H and O–H groups in total. The molecule has 1 aromatic rings. The van der Waals surface area contributed by atoms with Crippen LogP contribution >= 0.6 is 23.2 Å². The predicted octanol–water partition coefficient (Wildman–Crippen LogP) is 0.681. The molecule has 1 aromatic carbocycles. The summed E-state index contributed by atoms with van der Waals surface area (Å²) in [7, 11) is 0. The lowest BCUT2D eigenvalue weighted by atomic mass is 10.1. The molecule has 108 valence electrons. The number of carbonyl (C=O) groups excluding carboxylic acids is 3. The van der Waals surface area contributed by atoms with Crippen LogP contribution in [0.2, 0.25) is 10.0 Å². The molecule has 8 heteroatoms. The maximum Gasteiger partial charge on any atom is 0.310 e. The summed E-state index contributed by atoms with van der Waals surface area (Å²) in [5.74, 6) is -1.97. The molecule has 0 aliphatic carbocycles. The number of benzene rings is 1. The topological polar surface area (TPSA) is 98.5 Å². The van der Waals surface area contributed by atoms with E-state index < -0.39 is 24.4 Å². The zero-order chi connectivity index (χ0) is 15.1. The van der Waals surface area contributed by atoms with Crippen molar-refractivity contribution >= 4 is 41.0 Å². The van der Waals surface area contributed by atoms with Gasteiger partial charge in [0, 0.05) is 15.6 Å². The number of amides is 2. The Kier molecular flexibility index (Phi) is 6.27. The second kappa shape index (κ2) is 7.72. The van der Waals surface area contributed by atoms with Gasteiger partial charge in [0.15, 0.2) is 6.61 Å². The molecule has 0 spiro atoms. The molecule has 0 unspecified atom stereocenters. The van der Waals surface area contributed by atoms with Crippen LogP contribution in [0.4, 0.5) is 0 Å². The van der Waals surface area contributed by atoms with Crippen molar-refractivity contribution in [2.24, 2.45) is 5.73 Å². The predicted molar refractivity (Wildman–Crippen MR) is 73.3 cm³/mol. The number of nitrogens with two attached hydrogens (primary N) is 1. The normalized spacial score (nSPS) is 9.90. The third-order valence-electron chi connectivity index (χ3n) is 2.21. The van der Waals surface area contributed by atoms with Gasteiger partial charge in [-0.05, 0) is 12.1 Å². The van der Waals surface area contributed by atoms with E-state index in [1.807, 2.05) is 0 Å². The fourth-order valence-electron chi connectivity index (χ4n) is 1.28. The molecule has 0 radical (unpaired) electrons. The van der Waals surface area contributed by atoms with E-state index in [1.54, 1.807) is 18.2 Å². The van der Waals surface area contributed by atoms with E-state index in [9.17, 15) is 14.4 Å². The molecular formula is C12H12Cl2N2O4. The fourth-order valence-corrected chi connectivity index (χ4v) is 1.81. The van der Waals surface area contributed by atoms with Crippen molar-refractivity contribution in [2.45, 2.75) is 6.42 Å². The second-order valence-electron chi connectivity index (χ2n) is 3.78. The molecule has 2 amide bonds. The van der Waals surface area contributed by atoms with Crippen LogP contribution in [0.5, 0.6) is 0 Å². The van der Waals surface area contributed by atoms with E-state index in [1.165, 1.54) is 0 Å². The number of halogens is 2. The average Bonchev–Trinajstić information content (AvgIpc) is 2.38. The lowest BCUT2D eigenvalue weighted by Gasteiger charge is -2.07. The molecule has 6 nitrogen and oxygen atoms in total. The van der Waals surface area contributed by atoms with E-state index in [-0.39, 0.29) is 13.0 Å². The Morgan fingerprint density at radius 2 is 1.80 bits per heavy atom. The lowest BCUT2D eigenvalue weighted by molar-refractivity contribution is -0.147. The summed E-state index contributed by atoms with van der Waals surface area (Å²) in [5.41, 5.74) is 5.27. The third kappa shape index (κ3) is 5.46. The molecule has 0 bridgehead atoms. The highest BCUT2D eigenvalue weighted by Crippen LogP contribution is 2.24. The first-order valence-electron chi connectivity index (χ1n) is 5.53. The molecule has 20 heavy (non-hydrogen) atoms. The van der Waals surface area contributed by atoms with E-state index in [0.29, 0.717) is 15.6 Å². The highest BCUT2D eigenvalue weighted by Gasteiger charge is 2.13. The van der Waals surface area contributed by atoms with Gasteiger partial charge in [0.05, 0.1) is 13.0 Å². The van der Waals surface area contributed by atoms with Crippen molar-refractivity contribution in [3.63, 3.8) is 0 Å². The zero-order valence-corrected chi connectivity index (χ0v) is 11.8. The standard InChI is InChI=1S/C12H12Cl2N2O4/c13-8-2-1-3-9(14)7(8)4-12(19)20-6-11(18)16-5-10(15)17/h1-3H,4-6H2,(H2,15,17)(H,16,18). The monoisotopic (exact) mass is 318 g/mol. The van der Waals surface area contributed by atoms with Crippen molar-refractivity contribution in [3.8, 4) is 0 Å². The Morgan fingerprint density at radius 3 is 2.35 bits per heavy atom. The minimum absolute atomic E-state index is 0.151. The van der Waals surface area contributed by atoms with Crippen molar-refractivity contribution in [2.75, 3.05) is 13.2 Å². The Morgan fingerprint density at radius 1 is 1.20 bits per heavy atom. The minimum Gasteiger partial charge on any atom is -0.455 e. The first kappa shape index (κ1) is 16.3. The SMILES string of the molecule is NC(=O)CNC(=O)COC(=O)Cc1c(Cl)cccc1Cl. The Hall–Kier alpha value is -1.79. The van der Waals surface area contributed by atoms with Crippen LogP contribution in [0.25, 0.3) is 0 Å². The Balaban J connectivity index is 2.44. The molecule has 0 aliphatic rings. The van der Waals surface area contributed by atoms with Gasteiger partial charge in [0.25, 0.3) is 5.91 Å². The maximum atomic E-state index is 11.5. The van der Waals surface area contributed by atoms with Crippen LogP contribution < -0.4 is 11.1 Å². The Bertz CT molecular complexity index is 514. The highest BCUT2D eigenvalue weighted by atomic mass is 35.5. The minimum atomic E-state index is -0.687. The average molecular weight is 319 g/mol. The molecule has 1 rings (SSSR count). The van der Waals surface area contributed by atoms with Gasteiger partial charge >= 0.3 is 5.97 Å². The van der Waals surface area contributed by atoms with Gasteiger partial charge in [-0.15, -0.1) is 0 Å². The number of hydrogen-bond donors (Lipinski definition) is 2. The van der Waals surface area contributed by atoms with Gasteiger partial charge in [-0.2, -0.15) is 0 Å². The molecule has 0 heterocycles. The summed E-state index contributed by atoms with van der Waals surface area (Å²) in [6, 6.07) is 4.84. The van der Waals surface area contributed by atoms with Crippen LogP contribution in [0.15, 0.2) is 18.2 Å². The van der Waals surface area contributed by atoms with E-state index >= 15 is 0 Å². The number of nitrogens with one attached hydrogen (secondary N) is 1. The quantitative estimate of drug-likeness (QED) is 0.753. The van der Waals surface area contributed by atoms with Crippen molar-refractivity contribution in [1.82, 2.24) is 5.32 Å². The summed E-state index contributed by atoms with van der Waals surface area (Å²) < 4.78 is 4.73. The molecule has 0 aliphatic heterocycles. The van der Waals surface area contributed by atoms with Crippen LogP contribution in [0, 0.1) is 0 Å². The molecule has 0 saturated heterocycles. The van der Waals surface area contributed by atoms with Gasteiger partial charge in [-0.25, -0.2) is 0 Å². The van der Waals surface area contributed by atoms with Gasteiger partial charge in [-0.3, -0.25) is 14.4 Å². The second-order valence-corrected chi connectivity index (χ2v) is 4.60. The van der Waals surface area contributed by atoms with Crippen LogP contribution in [-0.2, 0) is 25.5 Å². The van der Waals surface area contributed by atoms with Crippen molar-refractivity contribution in [1.29, 1.82) is 0 Å². The van der Waals surface area contributed by atoms with E-state index in [2.05, 4.69) is 5.32 Å². The van der Waals surface area contributed by atoms with E-state index in [0.717, 1.165) is 0 Å². The summed E-state index contributed by atoms with van der Waals surface area (Å²) in [5, 5.41) is 2.86. The number of rotatable bonds is 6. The van der Waals surface area contributed by atoms with Crippen LogP contribution in [0.1, 0.15) is 5.56 Å². The van der Waals surface area contributed by atoms with Gasteiger partial charge < -0.3 is 15.8 Å². The summed E-state index contributed by atoms with van der Waals surface area (Å²) >= 11 is 11.8. The maximum absolute atomic E-state index is 11.5. The summed E-state index contributed by atoms with van der Waals surface area (Å²) in [4.78, 5) is 33.2. The molecule has 0 atom stereocenters. The van der Waals surface area contributed by atoms with Crippen LogP contribution in [0.3, 0.4) is 0 Å². The zero-order valence-electron chi connectivity index (χ0n) is 10.3. The Labute approximate surface area is 125 Å². The number of primary amides is 1. The number of ether oxygens (including phenoxy) is 1. The lowest BCUT2D eigenvalue weighted by Crippen LogP contribution is -2.36. The van der Waals surface area contributed by atoms with Crippen molar-refractivity contribution in [3.05, 3.63) is 33.8 Å². The fraction of sp³-hybridized carbons (Fsp3) is 0.250. The molecule has 0 aromatic heterocycles. The number of hydrogen-bond acceptors (Lipinski definition) is 4. The third-order valence-corrected chi connectivity index (χ3v) is 2.92. The molecular weight excluding hydrogens is 307 g/mol. The molecule has 0 saturated carbocycles. The van der Waals surface area contributed by atoms with E-state index in [4.69, 9.17) is 33.7 Å². The first-order valence-corrected chi connectivity index (χ1v) is 6.29. The van der Waals surface area contributed by atoms with Gasteiger partial charge in [0.1, 0.15) is 0 Å². The van der Waals surface area contributed by atoms with Crippen LogP contribution in [-0.4, -0.2) is 30.9 Å². The first-order chi connectivity index (χ1) is 9.40. The van der Waals surface area contributed by atoms with Gasteiger partial charge in [0.2, 0.25) is 5.91 Å². The highest BCUT2D eigenvalue weighted by molar-refractivity contribution is 6.36. The smallest absolute Gasteiger partial charge is 0.310 e. The largest absolute Gasteiger partial charge is 0.455 e. The number of esters is 1.